The maximum atomic E-state index is 13.6. The molecule has 7 nitrogen and oxygen atoms in total. The number of halogens is 1. The molecule has 0 bridgehead atoms. The zero-order valence-electron chi connectivity index (χ0n) is 14.0. The first-order chi connectivity index (χ1) is 11.8. The van der Waals surface area contributed by atoms with Gasteiger partial charge in [-0.1, -0.05) is 18.2 Å². The van der Waals surface area contributed by atoms with Crippen molar-refractivity contribution in [2.45, 2.75) is 6.54 Å². The summed E-state index contributed by atoms with van der Waals surface area (Å²) in [5, 5.41) is 0. The second-order valence-electron chi connectivity index (χ2n) is 5.93. The zero-order valence-corrected chi connectivity index (χ0v) is 14.8. The fourth-order valence-corrected chi connectivity index (χ4v) is 3.64. The fourth-order valence-electron chi connectivity index (χ4n) is 2.36. The number of benzene rings is 1. The monoisotopic (exact) mass is 372 g/mol. The van der Waals surface area contributed by atoms with Crippen molar-refractivity contribution in [2.75, 3.05) is 44.8 Å². The Morgan fingerprint density at radius 3 is 2.52 bits per heavy atom. The van der Waals surface area contributed by atoms with E-state index in [1.807, 2.05) is 0 Å². The molecule has 1 aromatic carbocycles. The Morgan fingerprint density at radius 2 is 1.88 bits per heavy atom. The van der Waals surface area contributed by atoms with Crippen LogP contribution in [0.3, 0.4) is 0 Å². The summed E-state index contributed by atoms with van der Waals surface area (Å²) in [6, 6.07) is 6.13. The Hall–Kier alpha value is -2.00. The molecule has 1 aromatic rings. The summed E-state index contributed by atoms with van der Waals surface area (Å²) >= 11 is 0. The number of carbonyl (C=O) groups is 2. The van der Waals surface area contributed by atoms with E-state index in [1.54, 1.807) is 23.1 Å². The molecule has 0 spiro atoms. The molecular formula is C16H21FN2O5S. The van der Waals surface area contributed by atoms with Gasteiger partial charge in [0.15, 0.2) is 16.4 Å². The molecule has 0 aliphatic carbocycles. The highest BCUT2D eigenvalue weighted by molar-refractivity contribution is 7.91. The van der Waals surface area contributed by atoms with Crippen LogP contribution in [0.4, 0.5) is 4.39 Å². The molecule has 9 heteroatoms. The number of rotatable bonds is 6. The Balaban J connectivity index is 1.73. The molecule has 0 N–H and O–H groups in total. The lowest BCUT2D eigenvalue weighted by Gasteiger charge is -2.25. The summed E-state index contributed by atoms with van der Waals surface area (Å²) in [6.07, 6.45) is 0. The standard InChI is InChI=1S/C16H21FN2O5S/c1-18(10-13-4-2-3-5-14(13)17)15(20)12-24-16(21)11-19-6-8-25(22,23)9-7-19/h2-5H,6-12H2,1H3. The van der Waals surface area contributed by atoms with Crippen molar-refractivity contribution in [3.63, 3.8) is 0 Å². The SMILES string of the molecule is CN(Cc1ccccc1F)C(=O)COC(=O)CN1CCS(=O)(=O)CC1. The summed E-state index contributed by atoms with van der Waals surface area (Å²) in [5.41, 5.74) is 0.374. The van der Waals surface area contributed by atoms with E-state index >= 15 is 0 Å². The molecule has 2 rings (SSSR count). The largest absolute Gasteiger partial charge is 0.455 e. The third-order valence-corrected chi connectivity index (χ3v) is 5.55. The van der Waals surface area contributed by atoms with Crippen LogP contribution >= 0.6 is 0 Å². The van der Waals surface area contributed by atoms with Crippen molar-refractivity contribution in [2.24, 2.45) is 0 Å². The van der Waals surface area contributed by atoms with Crippen LogP contribution in [0.2, 0.25) is 0 Å². The van der Waals surface area contributed by atoms with Gasteiger partial charge >= 0.3 is 5.97 Å². The normalized spacial score (nSPS) is 17.0. The Kier molecular flexibility index (Phi) is 6.49. The van der Waals surface area contributed by atoms with Crippen molar-refractivity contribution in [3.8, 4) is 0 Å². The van der Waals surface area contributed by atoms with E-state index in [-0.39, 0.29) is 37.7 Å². The maximum Gasteiger partial charge on any atom is 0.320 e. The van der Waals surface area contributed by atoms with E-state index in [0.717, 1.165) is 0 Å². The highest BCUT2D eigenvalue weighted by atomic mass is 32.2. The van der Waals surface area contributed by atoms with Crippen molar-refractivity contribution in [3.05, 3.63) is 35.6 Å². The van der Waals surface area contributed by atoms with Gasteiger partial charge < -0.3 is 9.64 Å². The van der Waals surface area contributed by atoms with Crippen molar-refractivity contribution in [1.29, 1.82) is 0 Å². The summed E-state index contributed by atoms with van der Waals surface area (Å²) < 4.78 is 41.2. The number of carbonyl (C=O) groups excluding carboxylic acids is 2. The quantitative estimate of drug-likeness (QED) is 0.657. The number of ether oxygens (including phenoxy) is 1. The minimum Gasteiger partial charge on any atom is -0.455 e. The molecule has 1 aliphatic heterocycles. The van der Waals surface area contributed by atoms with E-state index in [4.69, 9.17) is 4.74 Å². The predicted molar refractivity (Wildman–Crippen MR) is 88.9 cm³/mol. The van der Waals surface area contributed by atoms with E-state index in [9.17, 15) is 22.4 Å². The molecular weight excluding hydrogens is 351 g/mol. The lowest BCUT2D eigenvalue weighted by Crippen LogP contribution is -2.43. The first-order valence-corrected chi connectivity index (χ1v) is 9.65. The zero-order chi connectivity index (χ0) is 18.4. The van der Waals surface area contributed by atoms with Gasteiger partial charge in [-0.05, 0) is 6.07 Å². The molecule has 0 atom stereocenters. The smallest absolute Gasteiger partial charge is 0.320 e. The van der Waals surface area contributed by atoms with Crippen LogP contribution < -0.4 is 0 Å². The van der Waals surface area contributed by atoms with E-state index in [1.165, 1.54) is 18.0 Å². The lowest BCUT2D eigenvalue weighted by molar-refractivity contribution is -0.152. The third-order valence-electron chi connectivity index (χ3n) is 3.94. The van der Waals surface area contributed by atoms with Crippen molar-refractivity contribution in [1.82, 2.24) is 9.80 Å². The van der Waals surface area contributed by atoms with Crippen LogP contribution in [0.25, 0.3) is 0 Å². The van der Waals surface area contributed by atoms with Gasteiger partial charge in [0, 0.05) is 32.2 Å². The first-order valence-electron chi connectivity index (χ1n) is 7.82. The molecule has 0 saturated carbocycles. The molecule has 1 amide bonds. The molecule has 25 heavy (non-hydrogen) atoms. The lowest BCUT2D eigenvalue weighted by atomic mass is 10.2. The molecule has 1 saturated heterocycles. The maximum absolute atomic E-state index is 13.6. The number of hydrogen-bond donors (Lipinski definition) is 0. The van der Waals surface area contributed by atoms with Crippen LogP contribution in [-0.2, 0) is 30.7 Å². The Morgan fingerprint density at radius 1 is 1.24 bits per heavy atom. The minimum atomic E-state index is -3.01. The van der Waals surface area contributed by atoms with Crippen LogP contribution in [-0.4, -0.2) is 74.9 Å². The fraction of sp³-hybridized carbons (Fsp3) is 0.500. The van der Waals surface area contributed by atoms with E-state index < -0.39 is 34.1 Å². The second-order valence-corrected chi connectivity index (χ2v) is 8.23. The second kappa shape index (κ2) is 8.39. The van der Waals surface area contributed by atoms with Gasteiger partial charge in [0.1, 0.15) is 5.82 Å². The Labute approximate surface area is 146 Å². The van der Waals surface area contributed by atoms with Gasteiger partial charge in [-0.2, -0.15) is 0 Å². The number of sulfone groups is 1. The average molecular weight is 372 g/mol. The summed E-state index contributed by atoms with van der Waals surface area (Å²) in [7, 11) is -1.51. The van der Waals surface area contributed by atoms with Crippen LogP contribution in [0.5, 0.6) is 0 Å². The number of esters is 1. The number of nitrogens with zero attached hydrogens (tertiary/aromatic N) is 2. The average Bonchev–Trinajstić information content (AvgIpc) is 2.56. The van der Waals surface area contributed by atoms with Gasteiger partial charge in [-0.3, -0.25) is 14.5 Å². The summed E-state index contributed by atoms with van der Waals surface area (Å²) in [6.45, 7) is 0.139. The number of amides is 1. The van der Waals surface area contributed by atoms with Crippen molar-refractivity contribution < 1.29 is 27.1 Å². The molecule has 0 unspecified atom stereocenters. The number of likely N-dealkylation sites (N-methyl/N-ethyl adjacent to an activating group) is 1. The first kappa shape index (κ1) is 19.3. The molecule has 1 fully saturated rings. The highest BCUT2D eigenvalue weighted by Gasteiger charge is 2.24. The van der Waals surface area contributed by atoms with Gasteiger partial charge in [0.25, 0.3) is 5.91 Å². The molecule has 1 aliphatic rings. The van der Waals surface area contributed by atoms with Gasteiger partial charge in [0.2, 0.25) is 0 Å². The summed E-state index contributed by atoms with van der Waals surface area (Å²) in [4.78, 5) is 26.7. The van der Waals surface area contributed by atoms with E-state index in [0.29, 0.717) is 5.56 Å². The van der Waals surface area contributed by atoms with Crippen LogP contribution in [0.15, 0.2) is 24.3 Å². The molecule has 0 radical (unpaired) electrons. The van der Waals surface area contributed by atoms with Crippen LogP contribution in [0.1, 0.15) is 5.56 Å². The van der Waals surface area contributed by atoms with Crippen LogP contribution in [0, 0.1) is 5.82 Å². The summed E-state index contributed by atoms with van der Waals surface area (Å²) in [5.74, 6) is -1.40. The molecule has 138 valence electrons. The van der Waals surface area contributed by atoms with Gasteiger partial charge in [-0.25, -0.2) is 12.8 Å². The van der Waals surface area contributed by atoms with Gasteiger partial charge in [0.05, 0.1) is 18.1 Å². The van der Waals surface area contributed by atoms with Gasteiger partial charge in [-0.15, -0.1) is 0 Å². The topological polar surface area (TPSA) is 84.0 Å². The molecule has 1 heterocycles. The minimum absolute atomic E-state index is 0.0184. The van der Waals surface area contributed by atoms with E-state index in [2.05, 4.69) is 0 Å². The molecule has 0 aromatic heterocycles. The van der Waals surface area contributed by atoms with Crippen molar-refractivity contribution >= 4 is 21.7 Å². The third kappa shape index (κ3) is 6.09. The highest BCUT2D eigenvalue weighted by Crippen LogP contribution is 2.09. The Bertz CT molecular complexity index is 724. The predicted octanol–water partition coefficient (Wildman–Crippen LogP) is 0.0577. The number of hydrogen-bond acceptors (Lipinski definition) is 6.